The van der Waals surface area contributed by atoms with Crippen LogP contribution in [0, 0.1) is 0 Å². The van der Waals surface area contributed by atoms with Crippen molar-refractivity contribution >= 4 is 11.6 Å². The van der Waals surface area contributed by atoms with Crippen molar-refractivity contribution in [3.05, 3.63) is 108 Å². The molecule has 25 heavy (non-hydrogen) atoms. The molecule has 0 bridgehead atoms. The van der Waals surface area contributed by atoms with E-state index in [-0.39, 0.29) is 0 Å². The molecule has 0 aliphatic heterocycles. The Morgan fingerprint density at radius 2 is 0.840 bits per heavy atom. The van der Waals surface area contributed by atoms with E-state index in [9.17, 15) is 0 Å². The van der Waals surface area contributed by atoms with Crippen LogP contribution in [-0.4, -0.2) is 0 Å². The highest BCUT2D eigenvalue weighted by atomic mass is 35.5. The Morgan fingerprint density at radius 1 is 0.400 bits per heavy atom. The van der Waals surface area contributed by atoms with Gasteiger partial charge in [0.05, 0.1) is 0 Å². The van der Waals surface area contributed by atoms with E-state index in [0.29, 0.717) is 0 Å². The van der Waals surface area contributed by atoms with Crippen LogP contribution in [0.1, 0.15) is 0 Å². The highest BCUT2D eigenvalue weighted by molar-refractivity contribution is 6.34. The highest BCUT2D eigenvalue weighted by Crippen LogP contribution is 2.43. The summed E-state index contributed by atoms with van der Waals surface area (Å²) in [5.41, 5.74) is 6.93. The van der Waals surface area contributed by atoms with E-state index >= 15 is 0 Å². The van der Waals surface area contributed by atoms with Crippen LogP contribution < -0.4 is 0 Å². The van der Waals surface area contributed by atoms with E-state index in [4.69, 9.17) is 11.6 Å². The topological polar surface area (TPSA) is 0 Å². The molecular weight excluding hydrogens is 324 g/mol. The molecule has 4 aromatic rings. The first-order chi connectivity index (χ1) is 12.3. The maximum Gasteiger partial charge on any atom is 0.0491 e. The second-order valence-electron chi connectivity index (χ2n) is 5.94. The second-order valence-corrected chi connectivity index (χ2v) is 6.35. The van der Waals surface area contributed by atoms with Crippen molar-refractivity contribution in [1.29, 1.82) is 0 Å². The molecule has 0 amide bonds. The molecule has 0 aromatic heterocycles. The first-order valence-corrected chi connectivity index (χ1v) is 8.71. The summed E-state index contributed by atoms with van der Waals surface area (Å²) in [6, 6.07) is 35.4. The zero-order valence-electron chi connectivity index (χ0n) is 13.7. The van der Waals surface area contributed by atoms with E-state index in [1.807, 2.05) is 24.3 Å². The molecular formula is C24H17Cl. The van der Waals surface area contributed by atoms with Gasteiger partial charge in [-0.15, -0.1) is 0 Å². The van der Waals surface area contributed by atoms with Gasteiger partial charge in [-0.1, -0.05) is 109 Å². The Bertz CT molecular complexity index is 974. The summed E-state index contributed by atoms with van der Waals surface area (Å²) in [6.45, 7) is 0. The third-order valence-electron chi connectivity index (χ3n) is 4.36. The Labute approximate surface area is 153 Å². The smallest absolute Gasteiger partial charge is 0.0491 e. The zero-order chi connectivity index (χ0) is 17.1. The summed E-state index contributed by atoms with van der Waals surface area (Å²) < 4.78 is 0. The molecule has 1 heteroatoms. The number of benzene rings is 4. The van der Waals surface area contributed by atoms with Gasteiger partial charge in [0.25, 0.3) is 0 Å². The lowest BCUT2D eigenvalue weighted by Crippen LogP contribution is -1.91. The molecule has 0 radical (unpaired) electrons. The minimum Gasteiger partial charge on any atom is -0.0836 e. The molecule has 0 atom stereocenters. The summed E-state index contributed by atoms with van der Waals surface area (Å²) in [5, 5.41) is 0.768. The lowest BCUT2D eigenvalue weighted by atomic mass is 9.87. The van der Waals surface area contributed by atoms with Crippen molar-refractivity contribution in [1.82, 2.24) is 0 Å². The van der Waals surface area contributed by atoms with Gasteiger partial charge < -0.3 is 0 Å². The molecule has 4 aromatic carbocycles. The van der Waals surface area contributed by atoms with E-state index in [0.717, 1.165) is 16.1 Å². The average Bonchev–Trinajstić information content (AvgIpc) is 2.70. The van der Waals surface area contributed by atoms with Crippen molar-refractivity contribution < 1.29 is 0 Å². The first kappa shape index (κ1) is 15.7. The number of rotatable bonds is 3. The fourth-order valence-electron chi connectivity index (χ4n) is 3.23. The normalized spacial score (nSPS) is 10.6. The standard InChI is InChI=1S/C24H17Cl/c25-22-17-16-21(18-10-4-1-5-11-18)23(19-12-6-2-7-13-19)24(22)20-14-8-3-9-15-20/h1-17H. The molecule has 0 nitrogen and oxygen atoms in total. The van der Waals surface area contributed by atoms with Gasteiger partial charge in [0.15, 0.2) is 0 Å². The fourth-order valence-corrected chi connectivity index (χ4v) is 3.49. The van der Waals surface area contributed by atoms with E-state index < -0.39 is 0 Å². The fraction of sp³-hybridized carbons (Fsp3) is 0. The van der Waals surface area contributed by atoms with Crippen LogP contribution in [-0.2, 0) is 0 Å². The molecule has 0 saturated heterocycles. The highest BCUT2D eigenvalue weighted by Gasteiger charge is 2.16. The predicted octanol–water partition coefficient (Wildman–Crippen LogP) is 7.34. The lowest BCUT2D eigenvalue weighted by molar-refractivity contribution is 1.56. The summed E-state index contributed by atoms with van der Waals surface area (Å²) >= 11 is 6.67. The van der Waals surface area contributed by atoms with Gasteiger partial charge in [-0.2, -0.15) is 0 Å². The van der Waals surface area contributed by atoms with Crippen molar-refractivity contribution in [2.45, 2.75) is 0 Å². The first-order valence-electron chi connectivity index (χ1n) is 8.33. The molecule has 0 N–H and O–H groups in total. The molecule has 120 valence electrons. The molecule has 0 spiro atoms. The third kappa shape index (κ3) is 3.09. The maximum absolute atomic E-state index is 6.67. The van der Waals surface area contributed by atoms with Gasteiger partial charge in [-0.3, -0.25) is 0 Å². The lowest BCUT2D eigenvalue weighted by Gasteiger charge is -2.18. The largest absolute Gasteiger partial charge is 0.0836 e. The van der Waals surface area contributed by atoms with Gasteiger partial charge in [0, 0.05) is 10.6 Å². The summed E-state index contributed by atoms with van der Waals surface area (Å²) in [4.78, 5) is 0. The van der Waals surface area contributed by atoms with Crippen LogP contribution >= 0.6 is 11.6 Å². The van der Waals surface area contributed by atoms with Gasteiger partial charge in [-0.05, 0) is 33.9 Å². The molecule has 0 aliphatic carbocycles. The number of halogens is 1. The monoisotopic (exact) mass is 340 g/mol. The van der Waals surface area contributed by atoms with E-state index in [2.05, 4.69) is 78.9 Å². The Morgan fingerprint density at radius 3 is 1.36 bits per heavy atom. The predicted molar refractivity (Wildman–Crippen MR) is 108 cm³/mol. The van der Waals surface area contributed by atoms with Gasteiger partial charge >= 0.3 is 0 Å². The number of hydrogen-bond acceptors (Lipinski definition) is 0. The van der Waals surface area contributed by atoms with Crippen molar-refractivity contribution in [3.63, 3.8) is 0 Å². The molecule has 0 aliphatic rings. The minimum absolute atomic E-state index is 0.768. The molecule has 4 rings (SSSR count). The molecule has 0 saturated carbocycles. The van der Waals surface area contributed by atoms with E-state index in [1.54, 1.807) is 0 Å². The quantitative estimate of drug-likeness (QED) is 0.366. The summed E-state index contributed by atoms with van der Waals surface area (Å²) in [7, 11) is 0. The van der Waals surface area contributed by atoms with Crippen LogP contribution in [0.3, 0.4) is 0 Å². The Hall–Kier alpha value is -2.83. The van der Waals surface area contributed by atoms with Crippen LogP contribution in [0.4, 0.5) is 0 Å². The van der Waals surface area contributed by atoms with Gasteiger partial charge in [0.2, 0.25) is 0 Å². The van der Waals surface area contributed by atoms with Crippen LogP contribution in [0.2, 0.25) is 5.02 Å². The summed E-state index contributed by atoms with van der Waals surface area (Å²) in [6.07, 6.45) is 0. The zero-order valence-corrected chi connectivity index (χ0v) is 14.4. The van der Waals surface area contributed by atoms with Gasteiger partial charge in [-0.25, -0.2) is 0 Å². The third-order valence-corrected chi connectivity index (χ3v) is 4.68. The van der Waals surface area contributed by atoms with Gasteiger partial charge in [0.1, 0.15) is 0 Å². The SMILES string of the molecule is Clc1ccc(-c2ccccc2)c(-c2ccccc2)c1-c1ccccc1. The summed E-state index contributed by atoms with van der Waals surface area (Å²) in [5.74, 6) is 0. The molecule has 0 unspecified atom stereocenters. The minimum atomic E-state index is 0.768. The second kappa shape index (κ2) is 6.96. The average molecular weight is 341 g/mol. The maximum atomic E-state index is 6.67. The Balaban J connectivity index is 2.08. The number of hydrogen-bond donors (Lipinski definition) is 0. The van der Waals surface area contributed by atoms with Crippen molar-refractivity contribution in [3.8, 4) is 33.4 Å². The van der Waals surface area contributed by atoms with Crippen LogP contribution in [0.5, 0.6) is 0 Å². The van der Waals surface area contributed by atoms with Crippen LogP contribution in [0.15, 0.2) is 103 Å². The van der Waals surface area contributed by atoms with Crippen LogP contribution in [0.25, 0.3) is 33.4 Å². The van der Waals surface area contributed by atoms with Crippen molar-refractivity contribution in [2.75, 3.05) is 0 Å². The van der Waals surface area contributed by atoms with Crippen molar-refractivity contribution in [2.24, 2.45) is 0 Å². The molecule has 0 heterocycles. The molecule has 0 fully saturated rings. The van der Waals surface area contributed by atoms with E-state index in [1.165, 1.54) is 22.3 Å². The Kier molecular flexibility index (Phi) is 4.37.